The summed E-state index contributed by atoms with van der Waals surface area (Å²) < 4.78 is 0. The molecule has 1 amide bonds. The second-order valence-corrected chi connectivity index (χ2v) is 5.58. The number of nitrogens with zero attached hydrogens (tertiary/aromatic N) is 1. The second kappa shape index (κ2) is 7.46. The number of hydrogen-bond acceptors (Lipinski definition) is 3. The van der Waals surface area contributed by atoms with E-state index in [1.807, 2.05) is 0 Å². The Bertz CT molecular complexity index is 807. The third-order valence-electron chi connectivity index (χ3n) is 2.80. The maximum Gasteiger partial charge on any atom is 0.288 e. The Kier molecular flexibility index (Phi) is 5.60. The number of anilines is 1. The summed E-state index contributed by atoms with van der Waals surface area (Å²) in [6.45, 7) is 0. The number of nitrogens with one attached hydrogen (secondary N) is 1. The van der Waals surface area contributed by atoms with Gasteiger partial charge in [-0.2, -0.15) is 0 Å². The van der Waals surface area contributed by atoms with Crippen molar-refractivity contribution < 1.29 is 9.72 Å². The van der Waals surface area contributed by atoms with Crippen molar-refractivity contribution in [2.24, 2.45) is 0 Å². The summed E-state index contributed by atoms with van der Waals surface area (Å²) in [5.74, 6) is -0.452. The third-order valence-corrected chi connectivity index (χ3v) is 3.94. The lowest BCUT2D eigenvalue weighted by atomic mass is 10.2. The van der Waals surface area contributed by atoms with Crippen LogP contribution in [0.1, 0.15) is 5.56 Å². The molecule has 23 heavy (non-hydrogen) atoms. The fourth-order valence-electron chi connectivity index (χ4n) is 1.72. The van der Waals surface area contributed by atoms with Crippen LogP contribution in [0.15, 0.2) is 42.5 Å². The van der Waals surface area contributed by atoms with Gasteiger partial charge in [0.1, 0.15) is 5.02 Å². The molecule has 2 aromatic rings. The molecule has 0 atom stereocenters. The van der Waals surface area contributed by atoms with Gasteiger partial charge in [0.2, 0.25) is 5.91 Å². The standard InChI is InChI=1S/C15H9Cl3N2O3/c16-10-6-4-9(8-13(10)20(22)23)5-7-14(21)19-12-3-1-2-11(17)15(12)18/h1-8H,(H,19,21)/b7-5+. The average Bonchev–Trinajstić information content (AvgIpc) is 2.51. The summed E-state index contributed by atoms with van der Waals surface area (Å²) in [6, 6.07) is 9.08. The minimum Gasteiger partial charge on any atom is -0.321 e. The Morgan fingerprint density at radius 3 is 2.57 bits per heavy atom. The summed E-state index contributed by atoms with van der Waals surface area (Å²) in [5, 5.41) is 14.0. The van der Waals surface area contributed by atoms with E-state index >= 15 is 0 Å². The zero-order valence-corrected chi connectivity index (χ0v) is 13.7. The van der Waals surface area contributed by atoms with Crippen molar-refractivity contribution in [3.63, 3.8) is 0 Å². The summed E-state index contributed by atoms with van der Waals surface area (Å²) in [4.78, 5) is 22.1. The van der Waals surface area contributed by atoms with Crippen LogP contribution in [0, 0.1) is 10.1 Å². The molecule has 0 bridgehead atoms. The topological polar surface area (TPSA) is 72.2 Å². The number of amides is 1. The molecule has 0 aliphatic rings. The number of rotatable bonds is 4. The molecule has 118 valence electrons. The Hall–Kier alpha value is -2.08. The van der Waals surface area contributed by atoms with Crippen LogP contribution in [0.2, 0.25) is 15.1 Å². The normalized spacial score (nSPS) is 10.7. The summed E-state index contributed by atoms with van der Waals surface area (Å²) in [7, 11) is 0. The van der Waals surface area contributed by atoms with Gasteiger partial charge in [-0.15, -0.1) is 0 Å². The first-order chi connectivity index (χ1) is 10.9. The molecule has 0 aliphatic carbocycles. The van der Waals surface area contributed by atoms with Gasteiger partial charge < -0.3 is 5.32 Å². The van der Waals surface area contributed by atoms with Crippen LogP contribution in [0.25, 0.3) is 6.08 Å². The molecule has 0 aromatic heterocycles. The highest BCUT2D eigenvalue weighted by molar-refractivity contribution is 6.44. The summed E-state index contributed by atoms with van der Waals surface area (Å²) in [6.07, 6.45) is 2.65. The smallest absolute Gasteiger partial charge is 0.288 e. The van der Waals surface area contributed by atoms with E-state index < -0.39 is 10.8 Å². The molecule has 2 rings (SSSR count). The van der Waals surface area contributed by atoms with Gasteiger partial charge in [-0.05, 0) is 29.8 Å². The number of hydrogen-bond donors (Lipinski definition) is 1. The quantitative estimate of drug-likeness (QED) is 0.456. The molecular formula is C15H9Cl3N2O3. The maximum absolute atomic E-state index is 11.9. The van der Waals surface area contributed by atoms with Gasteiger partial charge in [0.25, 0.3) is 5.69 Å². The lowest BCUT2D eigenvalue weighted by Gasteiger charge is -2.05. The van der Waals surface area contributed by atoms with Crippen molar-refractivity contribution in [3.8, 4) is 0 Å². The zero-order valence-electron chi connectivity index (χ0n) is 11.4. The first kappa shape index (κ1) is 17.3. The van der Waals surface area contributed by atoms with Crippen LogP contribution < -0.4 is 5.32 Å². The van der Waals surface area contributed by atoms with E-state index in [2.05, 4.69) is 5.32 Å². The molecule has 0 aliphatic heterocycles. The van der Waals surface area contributed by atoms with Crippen molar-refractivity contribution in [1.82, 2.24) is 0 Å². The van der Waals surface area contributed by atoms with Gasteiger partial charge in [0, 0.05) is 12.1 Å². The van der Waals surface area contributed by atoms with Crippen LogP contribution in [-0.4, -0.2) is 10.8 Å². The largest absolute Gasteiger partial charge is 0.321 e. The SMILES string of the molecule is O=C(/C=C/c1ccc(Cl)c([N+](=O)[O-])c1)Nc1cccc(Cl)c1Cl. The number of benzene rings is 2. The number of halogens is 3. The van der Waals surface area contributed by atoms with Crippen molar-refractivity contribution in [2.45, 2.75) is 0 Å². The van der Waals surface area contributed by atoms with E-state index in [1.54, 1.807) is 24.3 Å². The molecule has 0 unspecified atom stereocenters. The molecule has 0 heterocycles. The van der Waals surface area contributed by atoms with Crippen LogP contribution in [-0.2, 0) is 4.79 Å². The fourth-order valence-corrected chi connectivity index (χ4v) is 2.25. The first-order valence-electron chi connectivity index (χ1n) is 6.25. The van der Waals surface area contributed by atoms with Gasteiger partial charge in [0.05, 0.1) is 20.7 Å². The summed E-state index contributed by atoms with van der Waals surface area (Å²) >= 11 is 17.5. The minimum atomic E-state index is -0.592. The van der Waals surface area contributed by atoms with Gasteiger partial charge in [-0.1, -0.05) is 46.9 Å². The molecule has 0 spiro atoms. The molecule has 1 N–H and O–H groups in total. The van der Waals surface area contributed by atoms with Gasteiger partial charge in [0.15, 0.2) is 0 Å². The van der Waals surface area contributed by atoms with E-state index in [1.165, 1.54) is 24.3 Å². The zero-order chi connectivity index (χ0) is 17.0. The van der Waals surface area contributed by atoms with Gasteiger partial charge in [-0.3, -0.25) is 14.9 Å². The molecule has 5 nitrogen and oxygen atoms in total. The van der Waals surface area contributed by atoms with E-state index in [9.17, 15) is 14.9 Å². The molecule has 0 saturated carbocycles. The maximum atomic E-state index is 11.9. The van der Waals surface area contributed by atoms with Gasteiger partial charge in [-0.25, -0.2) is 0 Å². The van der Waals surface area contributed by atoms with Crippen LogP contribution in [0.5, 0.6) is 0 Å². The molecule has 0 saturated heterocycles. The Morgan fingerprint density at radius 2 is 1.87 bits per heavy atom. The van der Waals surface area contributed by atoms with Crippen LogP contribution >= 0.6 is 34.8 Å². The fraction of sp³-hybridized carbons (Fsp3) is 0. The predicted molar refractivity (Wildman–Crippen MR) is 92.2 cm³/mol. The van der Waals surface area contributed by atoms with E-state index in [0.29, 0.717) is 16.3 Å². The van der Waals surface area contributed by atoms with Crippen LogP contribution in [0.3, 0.4) is 0 Å². The minimum absolute atomic E-state index is 0.0299. The van der Waals surface area contributed by atoms with Crippen LogP contribution in [0.4, 0.5) is 11.4 Å². The highest BCUT2D eigenvalue weighted by atomic mass is 35.5. The third kappa shape index (κ3) is 4.45. The highest BCUT2D eigenvalue weighted by Gasteiger charge is 2.12. The Labute approximate surface area is 146 Å². The predicted octanol–water partition coefficient (Wildman–Crippen LogP) is 5.21. The molecule has 0 fully saturated rings. The number of carbonyl (C=O) groups excluding carboxylic acids is 1. The number of nitro groups is 1. The monoisotopic (exact) mass is 370 g/mol. The molecule has 8 heteroatoms. The average molecular weight is 372 g/mol. The lowest BCUT2D eigenvalue weighted by molar-refractivity contribution is -0.384. The summed E-state index contributed by atoms with van der Waals surface area (Å²) in [5.41, 5.74) is 0.608. The van der Waals surface area contributed by atoms with E-state index in [4.69, 9.17) is 34.8 Å². The number of carbonyl (C=O) groups is 1. The van der Waals surface area contributed by atoms with E-state index in [-0.39, 0.29) is 15.7 Å². The van der Waals surface area contributed by atoms with Crippen molar-refractivity contribution in [3.05, 3.63) is 73.2 Å². The van der Waals surface area contributed by atoms with E-state index in [0.717, 1.165) is 0 Å². The molecule has 0 radical (unpaired) electrons. The molecule has 2 aromatic carbocycles. The lowest BCUT2D eigenvalue weighted by Crippen LogP contribution is -2.08. The second-order valence-electron chi connectivity index (χ2n) is 4.39. The Balaban J connectivity index is 2.14. The first-order valence-corrected chi connectivity index (χ1v) is 7.39. The van der Waals surface area contributed by atoms with Crippen molar-refractivity contribution in [1.29, 1.82) is 0 Å². The molecular weight excluding hydrogens is 363 g/mol. The number of nitro benzene ring substituents is 1. The van der Waals surface area contributed by atoms with Crippen molar-refractivity contribution in [2.75, 3.05) is 5.32 Å². The van der Waals surface area contributed by atoms with Crippen molar-refractivity contribution >= 4 is 58.2 Å². The Morgan fingerprint density at radius 1 is 1.13 bits per heavy atom. The highest BCUT2D eigenvalue weighted by Crippen LogP contribution is 2.29. The van der Waals surface area contributed by atoms with Gasteiger partial charge >= 0.3 is 0 Å².